The second-order valence-electron chi connectivity index (χ2n) is 5.65. The van der Waals surface area contributed by atoms with Gasteiger partial charge >= 0.3 is 11.9 Å². The molecule has 0 aliphatic heterocycles. The molecule has 2 aromatic carbocycles. The van der Waals surface area contributed by atoms with Crippen molar-refractivity contribution in [3.8, 4) is 5.75 Å². The van der Waals surface area contributed by atoms with E-state index in [2.05, 4.69) is 0 Å². The van der Waals surface area contributed by atoms with Gasteiger partial charge in [0.15, 0.2) is 6.10 Å². The summed E-state index contributed by atoms with van der Waals surface area (Å²) in [6.45, 7) is 2.90. The van der Waals surface area contributed by atoms with Gasteiger partial charge in [-0.2, -0.15) is 0 Å². The molecule has 2 atom stereocenters. The number of Topliss-reactive ketones (excluding diaryl/α,β-unsaturated/α-hetero) is 1. The third-order valence-corrected chi connectivity index (χ3v) is 3.67. The summed E-state index contributed by atoms with van der Waals surface area (Å²) in [6, 6.07) is 14.1. The number of phenolic OH excluding ortho intramolecular Hbond substituents is 1. The lowest BCUT2D eigenvalue weighted by Gasteiger charge is -2.20. The van der Waals surface area contributed by atoms with Crippen molar-refractivity contribution < 1.29 is 29.0 Å². The highest BCUT2D eigenvalue weighted by molar-refractivity contribution is 6.00. The van der Waals surface area contributed by atoms with E-state index in [1.807, 2.05) is 0 Å². The van der Waals surface area contributed by atoms with Crippen molar-refractivity contribution in [1.82, 2.24) is 0 Å². The molecular formula is C20H20O6. The van der Waals surface area contributed by atoms with Crippen LogP contribution in [0.2, 0.25) is 0 Å². The van der Waals surface area contributed by atoms with Gasteiger partial charge in [0.25, 0.3) is 0 Å². The van der Waals surface area contributed by atoms with Crippen LogP contribution < -0.4 is 0 Å². The predicted molar refractivity (Wildman–Crippen MR) is 93.6 cm³/mol. The number of esters is 2. The number of ketones is 1. The van der Waals surface area contributed by atoms with Crippen LogP contribution in [0.5, 0.6) is 5.75 Å². The van der Waals surface area contributed by atoms with Crippen molar-refractivity contribution in [2.24, 2.45) is 0 Å². The Balaban J connectivity index is 2.18. The topological polar surface area (TPSA) is 89.9 Å². The molecule has 0 saturated heterocycles. The van der Waals surface area contributed by atoms with Gasteiger partial charge in [0, 0.05) is 18.1 Å². The standard InChI is InChI=1S/C20H20O6/c1-3-17(18(23)14-9-11-16(22)12-10-14)26-20(24)19(25-13(2)21)15-7-5-4-6-8-15/h4-12,17,19,22H,3H2,1-2H3/t17-,19-/m1/s1. The average Bonchev–Trinajstić information content (AvgIpc) is 2.64. The molecule has 0 heterocycles. The van der Waals surface area contributed by atoms with E-state index < -0.39 is 29.9 Å². The van der Waals surface area contributed by atoms with Crippen LogP contribution >= 0.6 is 0 Å². The normalized spacial score (nSPS) is 12.7. The molecule has 2 aromatic rings. The largest absolute Gasteiger partial charge is 0.508 e. The molecule has 0 radical (unpaired) electrons. The van der Waals surface area contributed by atoms with Gasteiger partial charge in [-0.15, -0.1) is 0 Å². The summed E-state index contributed by atoms with van der Waals surface area (Å²) in [7, 11) is 0. The zero-order valence-electron chi connectivity index (χ0n) is 14.5. The second kappa shape index (κ2) is 8.80. The van der Waals surface area contributed by atoms with E-state index in [0.717, 1.165) is 0 Å². The fraction of sp³-hybridized carbons (Fsp3) is 0.250. The molecule has 6 heteroatoms. The molecule has 2 rings (SSSR count). The zero-order valence-corrected chi connectivity index (χ0v) is 14.5. The van der Waals surface area contributed by atoms with E-state index in [0.29, 0.717) is 11.1 Å². The maximum Gasteiger partial charge on any atom is 0.352 e. The van der Waals surface area contributed by atoms with E-state index in [1.54, 1.807) is 37.3 Å². The van der Waals surface area contributed by atoms with E-state index in [-0.39, 0.29) is 12.2 Å². The van der Waals surface area contributed by atoms with Gasteiger partial charge in [0.1, 0.15) is 5.75 Å². The van der Waals surface area contributed by atoms with Crippen LogP contribution in [0.25, 0.3) is 0 Å². The number of hydrogen-bond acceptors (Lipinski definition) is 6. The smallest absolute Gasteiger partial charge is 0.352 e. The number of carbonyl (C=O) groups excluding carboxylic acids is 3. The Morgan fingerprint density at radius 3 is 2.12 bits per heavy atom. The Morgan fingerprint density at radius 1 is 0.962 bits per heavy atom. The van der Waals surface area contributed by atoms with Crippen LogP contribution in [-0.4, -0.2) is 28.9 Å². The second-order valence-corrected chi connectivity index (χ2v) is 5.65. The molecule has 0 aliphatic carbocycles. The minimum atomic E-state index is -1.24. The van der Waals surface area contributed by atoms with Crippen LogP contribution in [0, 0.1) is 0 Å². The highest BCUT2D eigenvalue weighted by atomic mass is 16.6. The summed E-state index contributed by atoms with van der Waals surface area (Å²) in [6.07, 6.45) is -2.00. The van der Waals surface area contributed by atoms with Gasteiger partial charge in [0.2, 0.25) is 11.9 Å². The molecule has 0 aromatic heterocycles. The SMILES string of the molecule is CC[C@@H](OC(=O)[C@H](OC(C)=O)c1ccccc1)C(=O)c1ccc(O)cc1. The number of ether oxygens (including phenoxy) is 2. The molecule has 0 aliphatic rings. The molecule has 26 heavy (non-hydrogen) atoms. The molecular weight excluding hydrogens is 336 g/mol. The summed E-state index contributed by atoms with van der Waals surface area (Å²) >= 11 is 0. The lowest BCUT2D eigenvalue weighted by molar-refractivity contribution is -0.169. The quantitative estimate of drug-likeness (QED) is 0.605. The first kappa shape index (κ1) is 19.2. The highest BCUT2D eigenvalue weighted by Crippen LogP contribution is 2.22. The Labute approximate surface area is 151 Å². The van der Waals surface area contributed by atoms with Gasteiger partial charge in [-0.05, 0) is 30.7 Å². The number of aromatic hydroxyl groups is 1. The Morgan fingerprint density at radius 2 is 1.58 bits per heavy atom. The number of rotatable bonds is 7. The molecule has 6 nitrogen and oxygen atoms in total. The minimum absolute atomic E-state index is 0.0330. The van der Waals surface area contributed by atoms with E-state index in [1.165, 1.54) is 31.2 Å². The van der Waals surface area contributed by atoms with Crippen molar-refractivity contribution in [2.45, 2.75) is 32.5 Å². The molecule has 136 valence electrons. The average molecular weight is 356 g/mol. The third kappa shape index (κ3) is 4.92. The van der Waals surface area contributed by atoms with E-state index >= 15 is 0 Å². The summed E-state index contributed by atoms with van der Waals surface area (Å²) in [4.78, 5) is 36.4. The van der Waals surface area contributed by atoms with Crippen LogP contribution in [0.3, 0.4) is 0 Å². The lowest BCUT2D eigenvalue weighted by atomic mass is 10.0. The Kier molecular flexibility index (Phi) is 6.49. The zero-order chi connectivity index (χ0) is 19.1. The van der Waals surface area contributed by atoms with Gasteiger partial charge in [-0.3, -0.25) is 9.59 Å². The van der Waals surface area contributed by atoms with Crippen molar-refractivity contribution >= 4 is 17.7 Å². The minimum Gasteiger partial charge on any atom is -0.508 e. The van der Waals surface area contributed by atoms with Crippen LogP contribution in [0.1, 0.15) is 42.3 Å². The highest BCUT2D eigenvalue weighted by Gasteiger charge is 2.30. The van der Waals surface area contributed by atoms with Crippen LogP contribution in [0.15, 0.2) is 54.6 Å². The summed E-state index contributed by atoms with van der Waals surface area (Å²) in [5, 5.41) is 9.32. The molecule has 0 bridgehead atoms. The van der Waals surface area contributed by atoms with Gasteiger partial charge in [0.05, 0.1) is 0 Å². The van der Waals surface area contributed by atoms with Crippen molar-refractivity contribution in [2.75, 3.05) is 0 Å². The number of carbonyl (C=O) groups is 3. The summed E-state index contributed by atoms with van der Waals surface area (Å²) < 4.78 is 10.4. The first-order chi connectivity index (χ1) is 12.4. The Bertz CT molecular complexity index is 767. The number of hydrogen-bond donors (Lipinski definition) is 1. The van der Waals surface area contributed by atoms with Crippen LogP contribution in [0.4, 0.5) is 0 Å². The van der Waals surface area contributed by atoms with Crippen molar-refractivity contribution in [3.05, 3.63) is 65.7 Å². The van der Waals surface area contributed by atoms with E-state index in [4.69, 9.17) is 9.47 Å². The third-order valence-electron chi connectivity index (χ3n) is 3.67. The summed E-state index contributed by atoms with van der Waals surface area (Å²) in [5.74, 6) is -1.81. The molecule has 0 fully saturated rings. The fourth-order valence-electron chi connectivity index (χ4n) is 2.38. The van der Waals surface area contributed by atoms with E-state index in [9.17, 15) is 19.5 Å². The summed E-state index contributed by atoms with van der Waals surface area (Å²) in [5.41, 5.74) is 0.769. The molecule has 1 N–H and O–H groups in total. The number of phenols is 1. The predicted octanol–water partition coefficient (Wildman–Crippen LogP) is 3.20. The first-order valence-corrected chi connectivity index (χ1v) is 8.18. The lowest BCUT2D eigenvalue weighted by Crippen LogP contribution is -2.31. The monoisotopic (exact) mass is 356 g/mol. The molecule has 0 unspecified atom stereocenters. The molecule has 0 spiro atoms. The van der Waals surface area contributed by atoms with Gasteiger partial charge in [-0.25, -0.2) is 4.79 Å². The number of benzene rings is 2. The fourth-order valence-corrected chi connectivity index (χ4v) is 2.38. The molecule has 0 saturated carbocycles. The maximum absolute atomic E-state index is 12.5. The molecule has 0 amide bonds. The van der Waals surface area contributed by atoms with Gasteiger partial charge in [-0.1, -0.05) is 37.3 Å². The van der Waals surface area contributed by atoms with Crippen molar-refractivity contribution in [3.63, 3.8) is 0 Å². The van der Waals surface area contributed by atoms with Crippen molar-refractivity contribution in [1.29, 1.82) is 0 Å². The Hall–Kier alpha value is -3.15. The van der Waals surface area contributed by atoms with Crippen LogP contribution in [-0.2, 0) is 19.1 Å². The maximum atomic E-state index is 12.5. The first-order valence-electron chi connectivity index (χ1n) is 8.18. The van der Waals surface area contributed by atoms with Gasteiger partial charge < -0.3 is 14.6 Å².